The Balaban J connectivity index is 2.32. The minimum atomic E-state index is -0.00114. The highest BCUT2D eigenvalue weighted by Gasteiger charge is 2.07. The van der Waals surface area contributed by atoms with Gasteiger partial charge in [0.25, 0.3) is 0 Å². The minimum Gasteiger partial charge on any atom is -0.496 e. The molecule has 0 aromatic heterocycles. The fraction of sp³-hybridized carbons (Fsp3) is 0.625. The van der Waals surface area contributed by atoms with Crippen molar-refractivity contribution in [3.63, 3.8) is 0 Å². The zero-order valence-electron chi connectivity index (χ0n) is 13.3. The van der Waals surface area contributed by atoms with Crippen molar-refractivity contribution < 1.29 is 18.9 Å². The molecule has 0 spiro atoms. The predicted octanol–water partition coefficient (Wildman–Crippen LogP) is 2.28. The molecule has 0 amide bonds. The third-order valence-corrected chi connectivity index (χ3v) is 3.10. The Morgan fingerprint density at radius 1 is 1.05 bits per heavy atom. The Bertz CT molecular complexity index is 396. The molecule has 5 nitrogen and oxygen atoms in total. The van der Waals surface area contributed by atoms with E-state index in [0.717, 1.165) is 29.9 Å². The molecule has 1 rings (SSSR count). The number of hydrogen-bond acceptors (Lipinski definition) is 5. The lowest BCUT2D eigenvalue weighted by Gasteiger charge is -2.13. The van der Waals surface area contributed by atoms with Gasteiger partial charge in [-0.2, -0.15) is 0 Å². The van der Waals surface area contributed by atoms with Crippen LogP contribution in [-0.4, -0.2) is 40.6 Å². The Hall–Kier alpha value is -1.14. The quantitative estimate of drug-likeness (QED) is 0.635. The summed E-state index contributed by atoms with van der Waals surface area (Å²) in [6, 6.07) is 5.94. The van der Waals surface area contributed by atoms with Crippen LogP contribution in [0.4, 0.5) is 0 Å². The van der Waals surface area contributed by atoms with Gasteiger partial charge in [0.05, 0.1) is 26.9 Å². The van der Waals surface area contributed by atoms with Crippen LogP contribution in [0, 0.1) is 0 Å². The summed E-state index contributed by atoms with van der Waals surface area (Å²) in [7, 11) is 3.34. The van der Waals surface area contributed by atoms with E-state index in [9.17, 15) is 0 Å². The zero-order chi connectivity index (χ0) is 15.5. The molecule has 0 aliphatic rings. The number of methoxy groups -OCH3 is 2. The van der Waals surface area contributed by atoms with Crippen molar-refractivity contribution in [2.24, 2.45) is 5.73 Å². The fourth-order valence-electron chi connectivity index (χ4n) is 1.90. The Morgan fingerprint density at radius 2 is 1.81 bits per heavy atom. The van der Waals surface area contributed by atoms with Crippen molar-refractivity contribution in [1.29, 1.82) is 0 Å². The van der Waals surface area contributed by atoms with Gasteiger partial charge >= 0.3 is 0 Å². The van der Waals surface area contributed by atoms with E-state index in [2.05, 4.69) is 0 Å². The largest absolute Gasteiger partial charge is 0.496 e. The van der Waals surface area contributed by atoms with Gasteiger partial charge in [-0.15, -0.1) is 0 Å². The summed E-state index contributed by atoms with van der Waals surface area (Å²) in [4.78, 5) is 0. The summed E-state index contributed by atoms with van der Waals surface area (Å²) >= 11 is 0. The second-order valence-corrected chi connectivity index (χ2v) is 4.87. The van der Waals surface area contributed by atoms with Gasteiger partial charge in [-0.1, -0.05) is 6.07 Å². The molecule has 0 heterocycles. The standard InChI is InChI=1S/C16H27NO4/c1-13(17)14-5-6-16(19-3)15(11-14)12-21-10-9-20-8-4-7-18-2/h5-6,11,13H,4,7-10,12,17H2,1-3H3. The molecule has 1 aromatic rings. The van der Waals surface area contributed by atoms with Crippen molar-refractivity contribution in [3.8, 4) is 5.75 Å². The van der Waals surface area contributed by atoms with Gasteiger partial charge in [0.2, 0.25) is 0 Å². The summed E-state index contributed by atoms with van der Waals surface area (Å²) in [6.45, 7) is 5.01. The molecule has 0 bridgehead atoms. The first-order chi connectivity index (χ1) is 10.2. The molecule has 0 aliphatic carbocycles. The normalized spacial score (nSPS) is 12.4. The lowest BCUT2D eigenvalue weighted by atomic mass is 10.1. The second-order valence-electron chi connectivity index (χ2n) is 4.87. The smallest absolute Gasteiger partial charge is 0.124 e. The first kappa shape index (κ1) is 17.9. The minimum absolute atomic E-state index is 0.00114. The maximum Gasteiger partial charge on any atom is 0.124 e. The lowest BCUT2D eigenvalue weighted by molar-refractivity contribution is 0.0331. The predicted molar refractivity (Wildman–Crippen MR) is 82.6 cm³/mol. The number of benzene rings is 1. The van der Waals surface area contributed by atoms with E-state index in [4.69, 9.17) is 24.7 Å². The van der Waals surface area contributed by atoms with Crippen molar-refractivity contribution in [2.45, 2.75) is 26.0 Å². The van der Waals surface area contributed by atoms with Gasteiger partial charge < -0.3 is 24.7 Å². The van der Waals surface area contributed by atoms with Crippen molar-refractivity contribution in [1.82, 2.24) is 0 Å². The van der Waals surface area contributed by atoms with Gasteiger partial charge in [0.15, 0.2) is 0 Å². The molecule has 1 unspecified atom stereocenters. The fourth-order valence-corrected chi connectivity index (χ4v) is 1.90. The molecule has 1 aromatic carbocycles. The van der Waals surface area contributed by atoms with Gasteiger partial charge in [0, 0.05) is 31.9 Å². The lowest BCUT2D eigenvalue weighted by Crippen LogP contribution is -2.09. The highest BCUT2D eigenvalue weighted by Crippen LogP contribution is 2.23. The van der Waals surface area contributed by atoms with E-state index in [1.54, 1.807) is 14.2 Å². The van der Waals surface area contributed by atoms with E-state index in [0.29, 0.717) is 26.4 Å². The molecule has 0 aliphatic heterocycles. The van der Waals surface area contributed by atoms with Crippen LogP contribution < -0.4 is 10.5 Å². The number of nitrogens with two attached hydrogens (primary N) is 1. The van der Waals surface area contributed by atoms with E-state index in [1.165, 1.54) is 0 Å². The molecular weight excluding hydrogens is 270 g/mol. The molecule has 0 fully saturated rings. The number of rotatable bonds is 11. The van der Waals surface area contributed by atoms with Crippen LogP contribution in [0.15, 0.2) is 18.2 Å². The third kappa shape index (κ3) is 6.91. The van der Waals surface area contributed by atoms with Crippen LogP contribution in [0.1, 0.15) is 30.5 Å². The highest BCUT2D eigenvalue weighted by molar-refractivity contribution is 5.37. The van der Waals surface area contributed by atoms with E-state index in [1.807, 2.05) is 25.1 Å². The van der Waals surface area contributed by atoms with Crippen LogP contribution in [0.3, 0.4) is 0 Å². The van der Waals surface area contributed by atoms with Gasteiger partial charge in [0.1, 0.15) is 5.75 Å². The molecule has 0 radical (unpaired) electrons. The van der Waals surface area contributed by atoms with Crippen LogP contribution in [0.25, 0.3) is 0 Å². The maximum atomic E-state index is 5.90. The SMILES string of the molecule is COCCCOCCOCc1cc(C(C)N)ccc1OC. The second kappa shape index (κ2) is 10.6. The van der Waals surface area contributed by atoms with Crippen LogP contribution in [0.2, 0.25) is 0 Å². The summed E-state index contributed by atoms with van der Waals surface area (Å²) < 4.78 is 21.3. The third-order valence-electron chi connectivity index (χ3n) is 3.10. The van der Waals surface area contributed by atoms with Gasteiger partial charge in [-0.05, 0) is 31.0 Å². The molecule has 5 heteroatoms. The summed E-state index contributed by atoms with van der Waals surface area (Å²) in [5, 5.41) is 0. The Morgan fingerprint density at radius 3 is 2.48 bits per heavy atom. The highest BCUT2D eigenvalue weighted by atomic mass is 16.5. The zero-order valence-corrected chi connectivity index (χ0v) is 13.3. The van der Waals surface area contributed by atoms with Crippen molar-refractivity contribution >= 4 is 0 Å². The summed E-state index contributed by atoms with van der Waals surface area (Å²) in [5.41, 5.74) is 7.98. The molecule has 1 atom stereocenters. The van der Waals surface area contributed by atoms with E-state index in [-0.39, 0.29) is 6.04 Å². The Labute approximate surface area is 127 Å². The van der Waals surface area contributed by atoms with E-state index >= 15 is 0 Å². The molecule has 0 saturated heterocycles. The monoisotopic (exact) mass is 297 g/mol. The molecule has 21 heavy (non-hydrogen) atoms. The number of ether oxygens (including phenoxy) is 4. The first-order valence-electron chi connectivity index (χ1n) is 7.25. The van der Waals surface area contributed by atoms with Crippen molar-refractivity contribution in [2.75, 3.05) is 40.6 Å². The van der Waals surface area contributed by atoms with Gasteiger partial charge in [-0.3, -0.25) is 0 Å². The summed E-state index contributed by atoms with van der Waals surface area (Å²) in [6.07, 6.45) is 0.904. The average molecular weight is 297 g/mol. The summed E-state index contributed by atoms with van der Waals surface area (Å²) in [5.74, 6) is 0.820. The maximum absolute atomic E-state index is 5.90. The van der Waals surface area contributed by atoms with Crippen molar-refractivity contribution in [3.05, 3.63) is 29.3 Å². The van der Waals surface area contributed by atoms with Gasteiger partial charge in [-0.25, -0.2) is 0 Å². The topological polar surface area (TPSA) is 62.9 Å². The van der Waals surface area contributed by atoms with E-state index < -0.39 is 0 Å². The van der Waals surface area contributed by atoms with Crippen LogP contribution in [0.5, 0.6) is 5.75 Å². The van der Waals surface area contributed by atoms with Crippen LogP contribution in [-0.2, 0) is 20.8 Å². The Kier molecular flexibility index (Phi) is 9.01. The first-order valence-corrected chi connectivity index (χ1v) is 7.25. The number of hydrogen-bond donors (Lipinski definition) is 1. The molecular formula is C16H27NO4. The molecule has 0 saturated carbocycles. The van der Waals surface area contributed by atoms with Crippen LogP contribution >= 0.6 is 0 Å². The average Bonchev–Trinajstić information content (AvgIpc) is 2.49. The molecule has 120 valence electrons. The molecule has 2 N–H and O–H groups in total.